The summed E-state index contributed by atoms with van der Waals surface area (Å²) >= 11 is 5.81. The molecule has 0 aliphatic carbocycles. The summed E-state index contributed by atoms with van der Waals surface area (Å²) in [6.45, 7) is 0.0578. The molecule has 2 aromatic heterocycles. The van der Waals surface area contributed by atoms with Crippen LogP contribution in [0.25, 0.3) is 0 Å². The molecule has 0 bridgehead atoms. The lowest BCUT2D eigenvalue weighted by atomic mass is 10.6. The molecule has 0 amide bonds. The van der Waals surface area contributed by atoms with Gasteiger partial charge in [-0.25, -0.2) is 23.1 Å². The molecule has 0 spiro atoms. The molecular weight excluding hydrogens is 266 g/mol. The Hall–Kier alpha value is -1.38. The lowest BCUT2D eigenvalue weighted by Crippen LogP contribution is -2.24. The van der Waals surface area contributed by atoms with Gasteiger partial charge in [-0.3, -0.25) is 0 Å². The van der Waals surface area contributed by atoms with Crippen LogP contribution in [-0.4, -0.2) is 27.9 Å². The van der Waals surface area contributed by atoms with E-state index in [4.69, 9.17) is 11.6 Å². The maximum Gasteiger partial charge on any atom is 0.261 e. The van der Waals surface area contributed by atoms with E-state index in [1.807, 2.05) is 0 Å². The molecule has 7 nitrogen and oxygen atoms in total. The van der Waals surface area contributed by atoms with Gasteiger partial charge in [0.25, 0.3) is 10.0 Å². The summed E-state index contributed by atoms with van der Waals surface area (Å²) in [6, 6.07) is 0. The van der Waals surface area contributed by atoms with Gasteiger partial charge in [0.2, 0.25) is 5.03 Å². The summed E-state index contributed by atoms with van der Waals surface area (Å²) in [7, 11) is -2.11. The molecule has 0 saturated carbocycles. The zero-order valence-corrected chi connectivity index (χ0v) is 10.5. The van der Waals surface area contributed by atoms with Crippen LogP contribution >= 0.6 is 11.6 Å². The third-order valence-electron chi connectivity index (χ3n) is 2.07. The minimum absolute atomic E-state index is 0.0578. The number of nitrogens with zero attached hydrogens (tertiary/aromatic N) is 3. The van der Waals surface area contributed by atoms with Gasteiger partial charge in [0.05, 0.1) is 12.9 Å². The Bertz CT molecular complexity index is 604. The van der Waals surface area contributed by atoms with E-state index in [0.717, 1.165) is 0 Å². The molecule has 9 heteroatoms. The minimum atomic E-state index is -3.72. The average molecular weight is 276 g/mol. The van der Waals surface area contributed by atoms with Gasteiger partial charge in [0, 0.05) is 19.4 Å². The van der Waals surface area contributed by atoms with Crippen molar-refractivity contribution in [3.8, 4) is 0 Å². The molecule has 17 heavy (non-hydrogen) atoms. The highest BCUT2D eigenvalue weighted by Crippen LogP contribution is 2.18. The number of rotatable bonds is 4. The first-order valence-corrected chi connectivity index (χ1v) is 6.51. The molecule has 92 valence electrons. The quantitative estimate of drug-likeness (QED) is 0.838. The van der Waals surface area contributed by atoms with Crippen molar-refractivity contribution in [2.75, 3.05) is 0 Å². The molecule has 0 radical (unpaired) electrons. The van der Waals surface area contributed by atoms with Crippen molar-refractivity contribution in [2.45, 2.75) is 11.6 Å². The lowest BCUT2D eigenvalue weighted by molar-refractivity contribution is 0.576. The third kappa shape index (κ3) is 2.48. The highest BCUT2D eigenvalue weighted by atomic mass is 35.5. The van der Waals surface area contributed by atoms with Crippen molar-refractivity contribution in [1.29, 1.82) is 0 Å². The van der Waals surface area contributed by atoms with Crippen molar-refractivity contribution >= 4 is 21.6 Å². The van der Waals surface area contributed by atoms with E-state index in [9.17, 15) is 8.42 Å². The molecule has 0 aliphatic heterocycles. The van der Waals surface area contributed by atoms with Crippen LogP contribution in [0, 0.1) is 0 Å². The van der Waals surface area contributed by atoms with Gasteiger partial charge in [0.15, 0.2) is 0 Å². The van der Waals surface area contributed by atoms with Crippen LogP contribution in [0.5, 0.6) is 0 Å². The number of nitrogens with one attached hydrogen (secondary N) is 2. The summed E-state index contributed by atoms with van der Waals surface area (Å²) in [6.07, 6.45) is 4.48. The van der Waals surface area contributed by atoms with Crippen molar-refractivity contribution < 1.29 is 8.42 Å². The Morgan fingerprint density at radius 3 is 2.82 bits per heavy atom. The molecule has 0 aliphatic rings. The van der Waals surface area contributed by atoms with Crippen LogP contribution in [-0.2, 0) is 23.6 Å². The largest absolute Gasteiger partial charge is 0.347 e. The summed E-state index contributed by atoms with van der Waals surface area (Å²) in [5.74, 6) is 0.514. The normalized spacial score (nSPS) is 11.9. The van der Waals surface area contributed by atoms with E-state index < -0.39 is 10.0 Å². The van der Waals surface area contributed by atoms with Gasteiger partial charge < -0.3 is 9.55 Å². The number of hydrogen-bond acceptors (Lipinski definition) is 4. The SMILES string of the molecule is Cn1cnc(S(=O)(=O)NCc2ncc[nH]2)c1Cl. The second-order valence-corrected chi connectivity index (χ2v) is 5.35. The molecule has 2 aromatic rings. The first-order valence-electron chi connectivity index (χ1n) is 4.65. The van der Waals surface area contributed by atoms with Crippen LogP contribution in [0.4, 0.5) is 0 Å². The van der Waals surface area contributed by atoms with E-state index in [-0.39, 0.29) is 16.7 Å². The number of hydrogen-bond donors (Lipinski definition) is 2. The number of aryl methyl sites for hydroxylation is 1. The van der Waals surface area contributed by atoms with Crippen molar-refractivity contribution in [1.82, 2.24) is 24.2 Å². The molecule has 2 N–H and O–H groups in total. The molecule has 0 saturated heterocycles. The van der Waals surface area contributed by atoms with Gasteiger partial charge in [-0.15, -0.1) is 0 Å². The summed E-state index contributed by atoms with van der Waals surface area (Å²) < 4.78 is 27.5. The number of aromatic amines is 1. The fraction of sp³-hybridized carbons (Fsp3) is 0.250. The van der Waals surface area contributed by atoms with E-state index >= 15 is 0 Å². The molecule has 0 atom stereocenters. The topological polar surface area (TPSA) is 92.7 Å². The van der Waals surface area contributed by atoms with E-state index in [0.29, 0.717) is 5.82 Å². The monoisotopic (exact) mass is 275 g/mol. The minimum Gasteiger partial charge on any atom is -0.347 e. The van der Waals surface area contributed by atoms with Gasteiger partial charge in [-0.1, -0.05) is 11.6 Å². The predicted molar refractivity (Wildman–Crippen MR) is 60.8 cm³/mol. The fourth-order valence-corrected chi connectivity index (χ4v) is 2.61. The standard InChI is InChI=1S/C8H10ClN5O2S/c1-14-5-12-8(7(14)9)17(15,16)13-4-6-10-2-3-11-6/h2-3,5,13H,4H2,1H3,(H,10,11). The van der Waals surface area contributed by atoms with E-state index in [1.165, 1.54) is 17.1 Å². The molecule has 0 unspecified atom stereocenters. The number of imidazole rings is 2. The maximum absolute atomic E-state index is 11.8. The second-order valence-electron chi connectivity index (χ2n) is 3.31. The van der Waals surface area contributed by atoms with E-state index in [1.54, 1.807) is 13.2 Å². The number of H-pyrrole nitrogens is 1. The highest BCUT2D eigenvalue weighted by Gasteiger charge is 2.22. The Kier molecular flexibility index (Phi) is 3.18. The highest BCUT2D eigenvalue weighted by molar-refractivity contribution is 7.89. The van der Waals surface area contributed by atoms with E-state index in [2.05, 4.69) is 19.7 Å². The average Bonchev–Trinajstić information content (AvgIpc) is 2.88. The van der Waals surface area contributed by atoms with Crippen molar-refractivity contribution in [3.05, 3.63) is 29.7 Å². The maximum atomic E-state index is 11.8. The van der Waals surface area contributed by atoms with Gasteiger partial charge in [-0.05, 0) is 0 Å². The molecule has 2 heterocycles. The van der Waals surface area contributed by atoms with Gasteiger partial charge in [-0.2, -0.15) is 0 Å². The summed E-state index contributed by atoms with van der Waals surface area (Å²) in [5, 5.41) is -0.120. The first-order chi connectivity index (χ1) is 8.00. The van der Waals surface area contributed by atoms with Crippen LogP contribution in [0.15, 0.2) is 23.7 Å². The van der Waals surface area contributed by atoms with Crippen LogP contribution in [0.2, 0.25) is 5.15 Å². The fourth-order valence-electron chi connectivity index (χ4n) is 1.20. The Labute approximate surface area is 103 Å². The second kappa shape index (κ2) is 4.47. The Morgan fingerprint density at radius 2 is 2.29 bits per heavy atom. The summed E-state index contributed by atoms with van der Waals surface area (Å²) in [4.78, 5) is 10.4. The predicted octanol–water partition coefficient (Wildman–Crippen LogP) is 0.275. The van der Waals surface area contributed by atoms with Crippen LogP contribution in [0.3, 0.4) is 0 Å². The summed E-state index contributed by atoms with van der Waals surface area (Å²) in [5.41, 5.74) is 0. The molecule has 0 fully saturated rings. The third-order valence-corrected chi connectivity index (χ3v) is 3.96. The zero-order chi connectivity index (χ0) is 12.5. The Balaban J connectivity index is 2.17. The molecule has 2 rings (SSSR count). The van der Waals surface area contributed by atoms with Gasteiger partial charge in [0.1, 0.15) is 11.0 Å². The lowest BCUT2D eigenvalue weighted by Gasteiger charge is -2.03. The molecule has 0 aromatic carbocycles. The van der Waals surface area contributed by atoms with Crippen LogP contribution < -0.4 is 4.72 Å². The molecular formula is C8H10ClN5O2S. The first kappa shape index (κ1) is 12.1. The number of halogens is 1. The smallest absolute Gasteiger partial charge is 0.261 e. The van der Waals surface area contributed by atoms with Crippen LogP contribution in [0.1, 0.15) is 5.82 Å². The van der Waals surface area contributed by atoms with Crippen molar-refractivity contribution in [3.63, 3.8) is 0 Å². The van der Waals surface area contributed by atoms with Crippen molar-refractivity contribution in [2.24, 2.45) is 7.05 Å². The number of sulfonamides is 1. The Morgan fingerprint density at radius 1 is 1.53 bits per heavy atom. The zero-order valence-electron chi connectivity index (χ0n) is 8.88. The number of aromatic nitrogens is 4. The van der Waals surface area contributed by atoms with Gasteiger partial charge >= 0.3 is 0 Å².